The molecule has 1 aromatic carbocycles. The van der Waals surface area contributed by atoms with Crippen molar-refractivity contribution in [1.29, 1.82) is 0 Å². The normalized spacial score (nSPS) is 16.7. The molecule has 136 valence electrons. The van der Waals surface area contributed by atoms with Crippen molar-refractivity contribution in [2.45, 2.75) is 19.3 Å². The topological polar surface area (TPSA) is 68.8 Å². The Morgan fingerprint density at radius 2 is 1.88 bits per heavy atom. The van der Waals surface area contributed by atoms with E-state index in [1.807, 2.05) is 12.1 Å². The Hall–Kier alpha value is -1.66. The zero-order valence-electron chi connectivity index (χ0n) is 14.5. The van der Waals surface area contributed by atoms with Crippen molar-refractivity contribution in [3.63, 3.8) is 0 Å². The number of nitrogens with one attached hydrogen (secondary N) is 2. The molecule has 24 heavy (non-hydrogen) atoms. The van der Waals surface area contributed by atoms with Crippen LogP contribution in [0.15, 0.2) is 12.1 Å². The summed E-state index contributed by atoms with van der Waals surface area (Å²) in [6.07, 6.45) is 2.63. The molecule has 0 saturated carbocycles. The maximum absolute atomic E-state index is 12.2. The second kappa shape index (κ2) is 10.3. The number of carbonyl (C=O) groups excluding carboxylic acids is 1. The number of piperidine rings is 1. The molecular weight excluding hydrogens is 332 g/mol. The Kier molecular flexibility index (Phi) is 8.71. The molecule has 0 spiro atoms. The van der Waals surface area contributed by atoms with Crippen LogP contribution < -0.4 is 24.8 Å². The highest BCUT2D eigenvalue weighted by molar-refractivity contribution is 5.85. The minimum Gasteiger partial charge on any atom is -0.493 e. The third-order valence-corrected chi connectivity index (χ3v) is 4.08. The molecule has 1 unspecified atom stereocenters. The Morgan fingerprint density at radius 1 is 1.21 bits per heavy atom. The van der Waals surface area contributed by atoms with Gasteiger partial charge in [-0.05, 0) is 49.5 Å². The quantitative estimate of drug-likeness (QED) is 0.777. The summed E-state index contributed by atoms with van der Waals surface area (Å²) in [7, 11) is 4.69. The van der Waals surface area contributed by atoms with E-state index in [-0.39, 0.29) is 24.7 Å². The summed E-state index contributed by atoms with van der Waals surface area (Å²) in [5.41, 5.74) is 0.832. The molecule has 1 atom stereocenters. The summed E-state index contributed by atoms with van der Waals surface area (Å²) < 4.78 is 15.9. The highest BCUT2D eigenvalue weighted by Crippen LogP contribution is 2.38. The fraction of sp³-hybridized carbons (Fsp3) is 0.588. The first-order chi connectivity index (χ1) is 11.2. The third kappa shape index (κ3) is 5.46. The fourth-order valence-corrected chi connectivity index (χ4v) is 2.84. The second-order valence-corrected chi connectivity index (χ2v) is 5.73. The number of benzene rings is 1. The van der Waals surface area contributed by atoms with Gasteiger partial charge in [-0.3, -0.25) is 4.79 Å². The molecule has 1 amide bonds. The van der Waals surface area contributed by atoms with Crippen LogP contribution in [0.1, 0.15) is 18.4 Å². The van der Waals surface area contributed by atoms with Crippen LogP contribution in [0.25, 0.3) is 0 Å². The Morgan fingerprint density at radius 3 is 2.38 bits per heavy atom. The van der Waals surface area contributed by atoms with E-state index in [0.29, 0.717) is 23.2 Å². The first-order valence-electron chi connectivity index (χ1n) is 7.94. The zero-order valence-corrected chi connectivity index (χ0v) is 15.3. The van der Waals surface area contributed by atoms with Gasteiger partial charge in [0.1, 0.15) is 0 Å². The van der Waals surface area contributed by atoms with Gasteiger partial charge in [-0.1, -0.05) is 0 Å². The number of ether oxygens (including phenoxy) is 3. The average Bonchev–Trinajstić information content (AvgIpc) is 2.59. The van der Waals surface area contributed by atoms with Crippen molar-refractivity contribution < 1.29 is 19.0 Å². The standard InChI is InChI=1S/C17H26N2O4.ClH/c1-21-14-7-13(8-15(22-2)17(14)23-3)9-16(20)19-11-12-5-4-6-18-10-12;/h7-8,12,18H,4-6,9-11H2,1-3H3,(H,19,20);1H. The summed E-state index contributed by atoms with van der Waals surface area (Å²) in [6.45, 7) is 2.77. The van der Waals surface area contributed by atoms with Crippen LogP contribution in [-0.4, -0.2) is 46.9 Å². The lowest BCUT2D eigenvalue weighted by Crippen LogP contribution is -2.38. The lowest BCUT2D eigenvalue weighted by atomic mass is 9.99. The van der Waals surface area contributed by atoms with Gasteiger partial charge in [-0.15, -0.1) is 12.4 Å². The Bertz CT molecular complexity index is 508. The van der Waals surface area contributed by atoms with Crippen LogP contribution in [-0.2, 0) is 11.2 Å². The largest absolute Gasteiger partial charge is 0.493 e. The van der Waals surface area contributed by atoms with Crippen molar-refractivity contribution in [2.75, 3.05) is 41.0 Å². The van der Waals surface area contributed by atoms with E-state index in [4.69, 9.17) is 14.2 Å². The van der Waals surface area contributed by atoms with E-state index in [1.54, 1.807) is 21.3 Å². The number of hydrogen-bond acceptors (Lipinski definition) is 5. The first kappa shape index (κ1) is 20.4. The maximum atomic E-state index is 12.2. The smallest absolute Gasteiger partial charge is 0.224 e. The maximum Gasteiger partial charge on any atom is 0.224 e. The number of hydrogen-bond donors (Lipinski definition) is 2. The molecule has 2 rings (SSSR count). The average molecular weight is 359 g/mol. The van der Waals surface area contributed by atoms with Crippen molar-refractivity contribution in [2.24, 2.45) is 5.92 Å². The highest BCUT2D eigenvalue weighted by atomic mass is 35.5. The molecule has 2 N–H and O–H groups in total. The van der Waals surface area contributed by atoms with Gasteiger partial charge in [0.15, 0.2) is 11.5 Å². The van der Waals surface area contributed by atoms with Crippen LogP contribution in [0.4, 0.5) is 0 Å². The van der Waals surface area contributed by atoms with E-state index in [1.165, 1.54) is 6.42 Å². The third-order valence-electron chi connectivity index (χ3n) is 4.08. The van der Waals surface area contributed by atoms with Gasteiger partial charge >= 0.3 is 0 Å². The van der Waals surface area contributed by atoms with Gasteiger partial charge in [0.2, 0.25) is 11.7 Å². The first-order valence-corrected chi connectivity index (χ1v) is 7.94. The van der Waals surface area contributed by atoms with Crippen LogP contribution in [0.2, 0.25) is 0 Å². The van der Waals surface area contributed by atoms with Gasteiger partial charge in [0.25, 0.3) is 0 Å². The number of carbonyl (C=O) groups is 1. The molecule has 1 aliphatic heterocycles. The van der Waals surface area contributed by atoms with E-state index >= 15 is 0 Å². The predicted octanol–water partition coefficient (Wildman–Crippen LogP) is 1.79. The molecule has 1 aromatic rings. The van der Waals surface area contributed by atoms with Crippen molar-refractivity contribution in [3.05, 3.63) is 17.7 Å². The van der Waals surface area contributed by atoms with E-state index < -0.39 is 0 Å². The highest BCUT2D eigenvalue weighted by Gasteiger charge is 2.16. The van der Waals surface area contributed by atoms with Crippen LogP contribution in [0, 0.1) is 5.92 Å². The Balaban J connectivity index is 0.00000288. The Labute approximate surface area is 149 Å². The monoisotopic (exact) mass is 358 g/mol. The lowest BCUT2D eigenvalue weighted by Gasteiger charge is -2.22. The molecule has 1 saturated heterocycles. The minimum atomic E-state index is 0. The van der Waals surface area contributed by atoms with E-state index in [2.05, 4.69) is 10.6 Å². The molecule has 0 radical (unpaired) electrons. The van der Waals surface area contributed by atoms with Crippen molar-refractivity contribution in [3.8, 4) is 17.2 Å². The molecule has 1 aliphatic rings. The van der Waals surface area contributed by atoms with Crippen LogP contribution >= 0.6 is 12.4 Å². The van der Waals surface area contributed by atoms with Crippen LogP contribution in [0.3, 0.4) is 0 Å². The van der Waals surface area contributed by atoms with E-state index in [0.717, 1.165) is 31.6 Å². The number of halogens is 1. The van der Waals surface area contributed by atoms with Gasteiger partial charge in [-0.2, -0.15) is 0 Å². The lowest BCUT2D eigenvalue weighted by molar-refractivity contribution is -0.120. The summed E-state index contributed by atoms with van der Waals surface area (Å²) in [4.78, 5) is 12.2. The number of amides is 1. The summed E-state index contributed by atoms with van der Waals surface area (Å²) in [5.74, 6) is 2.18. The molecule has 0 aliphatic carbocycles. The van der Waals surface area contributed by atoms with Crippen molar-refractivity contribution >= 4 is 18.3 Å². The molecule has 1 heterocycles. The second-order valence-electron chi connectivity index (χ2n) is 5.73. The molecule has 7 heteroatoms. The molecule has 0 aromatic heterocycles. The minimum absolute atomic E-state index is 0. The van der Waals surface area contributed by atoms with Gasteiger partial charge < -0.3 is 24.8 Å². The zero-order chi connectivity index (χ0) is 16.7. The molecule has 6 nitrogen and oxygen atoms in total. The summed E-state index contributed by atoms with van der Waals surface area (Å²) in [6, 6.07) is 3.62. The van der Waals surface area contributed by atoms with Crippen molar-refractivity contribution in [1.82, 2.24) is 10.6 Å². The van der Waals surface area contributed by atoms with Gasteiger partial charge in [0, 0.05) is 6.54 Å². The van der Waals surface area contributed by atoms with Gasteiger partial charge in [0.05, 0.1) is 27.8 Å². The summed E-state index contributed by atoms with van der Waals surface area (Å²) >= 11 is 0. The molecular formula is C17H27ClN2O4. The predicted molar refractivity (Wildman–Crippen MR) is 95.7 cm³/mol. The van der Waals surface area contributed by atoms with Crippen LogP contribution in [0.5, 0.6) is 17.2 Å². The van der Waals surface area contributed by atoms with E-state index in [9.17, 15) is 4.79 Å². The fourth-order valence-electron chi connectivity index (χ4n) is 2.84. The molecule has 1 fully saturated rings. The SMILES string of the molecule is COc1cc(CC(=O)NCC2CCCNC2)cc(OC)c1OC.Cl. The number of methoxy groups -OCH3 is 3. The number of rotatable bonds is 7. The summed E-state index contributed by atoms with van der Waals surface area (Å²) in [5, 5.41) is 6.37. The van der Waals surface area contributed by atoms with Gasteiger partial charge in [-0.25, -0.2) is 0 Å². The molecule has 0 bridgehead atoms.